The first-order valence-corrected chi connectivity index (χ1v) is 7.66. The molecule has 1 amide bonds. The largest absolute Gasteiger partial charge is 0.344 e. The molecule has 0 radical (unpaired) electrons. The normalized spacial score (nSPS) is 22.2. The molecular weight excluding hydrogens is 325 g/mol. The first kappa shape index (κ1) is 19.2. The molecule has 3 rings (SSSR count). The first-order valence-electron chi connectivity index (χ1n) is 7.66. The maximum atomic E-state index is 12.4. The topological polar surface area (TPSA) is 85.8 Å². The van der Waals surface area contributed by atoms with E-state index in [1.165, 1.54) is 0 Å². The van der Waals surface area contributed by atoms with Gasteiger partial charge in [-0.05, 0) is 25.7 Å². The molecule has 1 atom stereocenters. The summed E-state index contributed by atoms with van der Waals surface area (Å²) < 4.78 is 1.94. The Morgan fingerprint density at radius 2 is 2.05 bits per heavy atom. The van der Waals surface area contributed by atoms with Gasteiger partial charge in [-0.2, -0.15) is 5.10 Å². The second-order valence-electron chi connectivity index (χ2n) is 5.99. The molecule has 126 valence electrons. The van der Waals surface area contributed by atoms with Crippen LogP contribution < -0.4 is 11.1 Å². The molecule has 2 heterocycles. The number of amides is 1. The molecule has 1 aromatic rings. The molecule has 6 nitrogen and oxygen atoms in total. The maximum absolute atomic E-state index is 12.4. The maximum Gasteiger partial charge on any atom is 0.240 e. The lowest BCUT2D eigenvalue weighted by atomic mass is 9.96. The van der Waals surface area contributed by atoms with E-state index in [0.717, 1.165) is 63.1 Å². The Morgan fingerprint density at radius 3 is 2.68 bits per heavy atom. The van der Waals surface area contributed by atoms with Gasteiger partial charge in [-0.1, -0.05) is 19.8 Å². The summed E-state index contributed by atoms with van der Waals surface area (Å²) in [4.78, 5) is 17.0. The van der Waals surface area contributed by atoms with E-state index in [0.29, 0.717) is 0 Å². The third-order valence-electron chi connectivity index (χ3n) is 4.49. The number of nitrogens with two attached hydrogens (primary N) is 1. The van der Waals surface area contributed by atoms with Gasteiger partial charge in [-0.25, -0.2) is 9.67 Å². The van der Waals surface area contributed by atoms with E-state index >= 15 is 0 Å². The fourth-order valence-electron chi connectivity index (χ4n) is 3.22. The van der Waals surface area contributed by atoms with Crippen LogP contribution in [0.15, 0.2) is 0 Å². The second-order valence-corrected chi connectivity index (χ2v) is 5.99. The molecule has 0 saturated heterocycles. The Hall–Kier alpha value is -0.850. The molecule has 1 saturated carbocycles. The van der Waals surface area contributed by atoms with Gasteiger partial charge in [0.2, 0.25) is 5.91 Å². The van der Waals surface area contributed by atoms with Crippen molar-refractivity contribution in [1.29, 1.82) is 0 Å². The summed E-state index contributed by atoms with van der Waals surface area (Å²) in [5.74, 6) is 1.72. The number of halogens is 2. The van der Waals surface area contributed by atoms with Crippen molar-refractivity contribution in [1.82, 2.24) is 20.1 Å². The average Bonchev–Trinajstić information content (AvgIpc) is 3.06. The molecule has 1 aliphatic heterocycles. The Bertz CT molecular complexity index is 513. The van der Waals surface area contributed by atoms with Gasteiger partial charge >= 0.3 is 0 Å². The molecule has 1 unspecified atom stereocenters. The van der Waals surface area contributed by atoms with Crippen molar-refractivity contribution in [3.63, 3.8) is 0 Å². The lowest BCUT2D eigenvalue weighted by Crippen LogP contribution is -2.53. The zero-order chi connectivity index (χ0) is 14.2. The van der Waals surface area contributed by atoms with Gasteiger partial charge in [0.25, 0.3) is 0 Å². The third kappa shape index (κ3) is 3.55. The molecule has 0 aromatic carbocycles. The van der Waals surface area contributed by atoms with Crippen molar-refractivity contribution >= 4 is 30.7 Å². The van der Waals surface area contributed by atoms with Gasteiger partial charge in [0.1, 0.15) is 5.82 Å². The van der Waals surface area contributed by atoms with Crippen LogP contribution >= 0.6 is 24.8 Å². The van der Waals surface area contributed by atoms with Crippen LogP contribution in [0.1, 0.15) is 63.1 Å². The molecule has 1 fully saturated rings. The molecule has 3 N–H and O–H groups in total. The lowest BCUT2D eigenvalue weighted by Gasteiger charge is -2.28. The van der Waals surface area contributed by atoms with E-state index in [1.54, 1.807) is 0 Å². The Morgan fingerprint density at radius 1 is 1.36 bits per heavy atom. The van der Waals surface area contributed by atoms with E-state index < -0.39 is 5.54 Å². The summed E-state index contributed by atoms with van der Waals surface area (Å²) in [5, 5.41) is 7.57. The van der Waals surface area contributed by atoms with Crippen molar-refractivity contribution in [2.75, 3.05) is 0 Å². The van der Waals surface area contributed by atoms with Crippen LogP contribution in [-0.4, -0.2) is 26.2 Å². The van der Waals surface area contributed by atoms with Crippen molar-refractivity contribution in [3.05, 3.63) is 11.6 Å². The van der Waals surface area contributed by atoms with Crippen LogP contribution in [0.3, 0.4) is 0 Å². The van der Waals surface area contributed by atoms with Gasteiger partial charge in [-0.15, -0.1) is 24.8 Å². The van der Waals surface area contributed by atoms with E-state index in [-0.39, 0.29) is 36.8 Å². The van der Waals surface area contributed by atoms with Crippen molar-refractivity contribution < 1.29 is 4.79 Å². The summed E-state index contributed by atoms with van der Waals surface area (Å²) in [5.41, 5.74) is 5.55. The van der Waals surface area contributed by atoms with E-state index in [4.69, 9.17) is 5.73 Å². The van der Waals surface area contributed by atoms with Crippen molar-refractivity contribution in [2.24, 2.45) is 5.73 Å². The third-order valence-corrected chi connectivity index (χ3v) is 4.49. The van der Waals surface area contributed by atoms with E-state index in [1.807, 2.05) is 11.6 Å². The summed E-state index contributed by atoms with van der Waals surface area (Å²) in [7, 11) is 0. The van der Waals surface area contributed by atoms with Crippen LogP contribution in [0.25, 0.3) is 0 Å². The summed E-state index contributed by atoms with van der Waals surface area (Å²) in [6, 6.07) is -0.0370. The number of nitrogens with one attached hydrogen (secondary N) is 1. The molecule has 1 aromatic heterocycles. The first-order chi connectivity index (χ1) is 9.62. The Labute approximate surface area is 143 Å². The van der Waals surface area contributed by atoms with Crippen LogP contribution in [-0.2, 0) is 17.8 Å². The quantitative estimate of drug-likeness (QED) is 0.872. The number of fused-ring (bicyclic) bond motifs is 1. The molecule has 0 bridgehead atoms. The molecule has 2 aliphatic rings. The predicted octanol–water partition coefficient (Wildman–Crippen LogP) is 1.91. The fraction of sp³-hybridized carbons (Fsp3) is 0.786. The highest BCUT2D eigenvalue weighted by Crippen LogP contribution is 2.29. The zero-order valence-electron chi connectivity index (χ0n) is 12.9. The highest BCUT2D eigenvalue weighted by atomic mass is 35.5. The molecular formula is C14H25Cl2N5O. The smallest absolute Gasteiger partial charge is 0.240 e. The number of hydrogen-bond acceptors (Lipinski definition) is 4. The number of aryl methyl sites for hydroxylation is 2. The molecule has 0 spiro atoms. The monoisotopic (exact) mass is 349 g/mol. The predicted molar refractivity (Wildman–Crippen MR) is 89.4 cm³/mol. The number of carbonyl (C=O) groups excluding carboxylic acids is 1. The number of nitrogens with zero attached hydrogens (tertiary/aromatic N) is 3. The van der Waals surface area contributed by atoms with Crippen LogP contribution in [0.2, 0.25) is 0 Å². The van der Waals surface area contributed by atoms with Crippen LogP contribution in [0.5, 0.6) is 0 Å². The van der Waals surface area contributed by atoms with E-state index in [9.17, 15) is 4.79 Å². The highest BCUT2D eigenvalue weighted by molar-refractivity contribution is 5.86. The number of carbonyl (C=O) groups is 1. The fourth-order valence-corrected chi connectivity index (χ4v) is 3.22. The average molecular weight is 350 g/mol. The van der Waals surface area contributed by atoms with Crippen molar-refractivity contribution in [3.8, 4) is 0 Å². The number of aromatic nitrogens is 3. The van der Waals surface area contributed by atoms with Crippen LogP contribution in [0.4, 0.5) is 0 Å². The standard InChI is InChI=1S/C14H23N5O.2ClH/c1-2-11-17-12-10(6-5-9-19(12)18-11)16-13(20)14(15)7-3-4-8-14;;/h10H,2-9,15H2,1H3,(H,16,20);2*1H. The van der Waals surface area contributed by atoms with Crippen LogP contribution in [0, 0.1) is 0 Å². The van der Waals surface area contributed by atoms with Gasteiger partial charge in [0.05, 0.1) is 11.6 Å². The minimum atomic E-state index is -0.671. The molecule has 8 heteroatoms. The minimum absolute atomic E-state index is 0. The zero-order valence-corrected chi connectivity index (χ0v) is 14.5. The van der Waals surface area contributed by atoms with Gasteiger partial charge < -0.3 is 11.1 Å². The van der Waals surface area contributed by atoms with Gasteiger partial charge in [-0.3, -0.25) is 4.79 Å². The highest BCUT2D eigenvalue weighted by Gasteiger charge is 2.39. The Balaban J connectivity index is 0.00000121. The minimum Gasteiger partial charge on any atom is -0.344 e. The second kappa shape index (κ2) is 7.62. The lowest BCUT2D eigenvalue weighted by molar-refractivity contribution is -0.127. The Kier molecular flexibility index (Phi) is 6.65. The molecule has 1 aliphatic carbocycles. The van der Waals surface area contributed by atoms with Crippen molar-refractivity contribution in [2.45, 2.75) is 70.0 Å². The molecule has 22 heavy (non-hydrogen) atoms. The SMILES string of the molecule is CCc1nc2n(n1)CCCC2NC(=O)C1(N)CCCC1.Cl.Cl. The number of rotatable bonds is 3. The van der Waals surface area contributed by atoms with Gasteiger partial charge in [0, 0.05) is 13.0 Å². The van der Waals surface area contributed by atoms with E-state index in [2.05, 4.69) is 15.4 Å². The number of hydrogen-bond donors (Lipinski definition) is 2. The summed E-state index contributed by atoms with van der Waals surface area (Å²) >= 11 is 0. The summed E-state index contributed by atoms with van der Waals surface area (Å²) in [6.45, 7) is 2.94. The van der Waals surface area contributed by atoms with Gasteiger partial charge in [0.15, 0.2) is 5.82 Å². The summed E-state index contributed by atoms with van der Waals surface area (Å²) in [6.07, 6.45) is 6.43.